The van der Waals surface area contributed by atoms with E-state index in [1.165, 1.54) is 11.3 Å². The van der Waals surface area contributed by atoms with Crippen LogP contribution in [0.4, 0.5) is 5.00 Å². The Morgan fingerprint density at radius 2 is 1.96 bits per heavy atom. The van der Waals surface area contributed by atoms with Crippen molar-refractivity contribution in [3.8, 4) is 0 Å². The van der Waals surface area contributed by atoms with Crippen LogP contribution >= 0.6 is 11.3 Å². The Morgan fingerprint density at radius 1 is 1.21 bits per heavy atom. The van der Waals surface area contributed by atoms with Crippen molar-refractivity contribution in [1.82, 2.24) is 0 Å². The van der Waals surface area contributed by atoms with Crippen molar-refractivity contribution in [2.45, 2.75) is 45.4 Å². The summed E-state index contributed by atoms with van der Waals surface area (Å²) < 4.78 is 5.17. The Bertz CT molecular complexity index is 681. The fourth-order valence-electron chi connectivity index (χ4n) is 3.21. The van der Waals surface area contributed by atoms with Gasteiger partial charge in [0.25, 0.3) is 0 Å². The molecule has 2 unspecified atom stereocenters. The number of carbonyl (C=O) groups is 3. The first-order valence-corrected chi connectivity index (χ1v) is 9.19. The first-order chi connectivity index (χ1) is 11.5. The number of carboxylic acid groups (broad SMARTS) is 1. The summed E-state index contributed by atoms with van der Waals surface area (Å²) in [7, 11) is 0. The molecule has 1 fully saturated rings. The largest absolute Gasteiger partial charge is 0.481 e. The number of thiophene rings is 1. The zero-order valence-electron chi connectivity index (χ0n) is 13.6. The molecule has 2 aliphatic carbocycles. The summed E-state index contributed by atoms with van der Waals surface area (Å²) in [4.78, 5) is 36.7. The van der Waals surface area contributed by atoms with E-state index >= 15 is 0 Å². The fraction of sp³-hybridized carbons (Fsp3) is 0.588. The van der Waals surface area contributed by atoms with E-state index in [4.69, 9.17) is 9.84 Å². The number of ether oxygens (including phenoxy) is 1. The van der Waals surface area contributed by atoms with E-state index in [1.54, 1.807) is 6.92 Å². The van der Waals surface area contributed by atoms with E-state index in [9.17, 15) is 14.4 Å². The van der Waals surface area contributed by atoms with Crippen LogP contribution in [0.2, 0.25) is 0 Å². The summed E-state index contributed by atoms with van der Waals surface area (Å²) in [6.07, 6.45) is 5.31. The second kappa shape index (κ2) is 6.93. The molecule has 1 aromatic rings. The van der Waals surface area contributed by atoms with Crippen molar-refractivity contribution in [2.75, 3.05) is 11.9 Å². The highest BCUT2D eigenvalue weighted by Gasteiger charge is 2.48. The van der Waals surface area contributed by atoms with Crippen molar-refractivity contribution in [2.24, 2.45) is 11.8 Å². The predicted octanol–water partition coefficient (Wildman–Crippen LogP) is 2.85. The lowest BCUT2D eigenvalue weighted by Crippen LogP contribution is -2.18. The molecule has 0 aromatic carbocycles. The number of esters is 1. The highest BCUT2D eigenvalue weighted by molar-refractivity contribution is 7.17. The molecule has 2 aliphatic rings. The number of fused-ring (bicyclic) bond motifs is 1. The molecule has 0 radical (unpaired) electrons. The fourth-order valence-corrected chi connectivity index (χ4v) is 4.49. The second-order valence-corrected chi connectivity index (χ2v) is 7.37. The van der Waals surface area contributed by atoms with Crippen molar-refractivity contribution in [3.63, 3.8) is 0 Å². The van der Waals surface area contributed by atoms with Crippen molar-refractivity contribution >= 4 is 34.2 Å². The van der Waals surface area contributed by atoms with Gasteiger partial charge in [-0.25, -0.2) is 4.79 Å². The van der Waals surface area contributed by atoms with E-state index in [0.717, 1.165) is 42.5 Å². The highest BCUT2D eigenvalue weighted by atomic mass is 32.1. The zero-order chi connectivity index (χ0) is 17.3. The maximum atomic E-state index is 12.4. The smallest absolute Gasteiger partial charge is 0.341 e. The van der Waals surface area contributed by atoms with E-state index in [0.29, 0.717) is 17.0 Å². The Labute approximate surface area is 144 Å². The Balaban J connectivity index is 1.85. The molecule has 2 atom stereocenters. The lowest BCUT2D eigenvalue weighted by atomic mass is 10.1. The van der Waals surface area contributed by atoms with E-state index in [2.05, 4.69) is 5.32 Å². The third-order valence-electron chi connectivity index (χ3n) is 4.58. The number of carboxylic acids is 1. The van der Waals surface area contributed by atoms with E-state index < -0.39 is 23.8 Å². The van der Waals surface area contributed by atoms with Crippen LogP contribution in [0.25, 0.3) is 0 Å². The first kappa shape index (κ1) is 17.0. The predicted molar refractivity (Wildman–Crippen MR) is 89.4 cm³/mol. The van der Waals surface area contributed by atoms with Gasteiger partial charge < -0.3 is 15.2 Å². The van der Waals surface area contributed by atoms with Crippen molar-refractivity contribution in [1.29, 1.82) is 0 Å². The van der Waals surface area contributed by atoms with Crippen LogP contribution in [0.1, 0.15) is 53.4 Å². The molecule has 1 saturated carbocycles. The summed E-state index contributed by atoms with van der Waals surface area (Å²) in [6.45, 7) is 2.03. The minimum absolute atomic E-state index is 0.278. The highest BCUT2D eigenvalue weighted by Crippen LogP contribution is 2.42. The molecule has 1 heterocycles. The van der Waals surface area contributed by atoms with Crippen molar-refractivity contribution in [3.05, 3.63) is 16.0 Å². The van der Waals surface area contributed by atoms with Crippen LogP contribution in [0.3, 0.4) is 0 Å². The molecule has 7 heteroatoms. The molecule has 0 bridgehead atoms. The number of hydrogen-bond acceptors (Lipinski definition) is 5. The van der Waals surface area contributed by atoms with Gasteiger partial charge in [-0.15, -0.1) is 11.3 Å². The van der Waals surface area contributed by atoms with Gasteiger partial charge in [0.05, 0.1) is 24.0 Å². The normalized spacial score (nSPS) is 22.2. The van der Waals surface area contributed by atoms with Crippen molar-refractivity contribution < 1.29 is 24.2 Å². The van der Waals surface area contributed by atoms with Gasteiger partial charge >= 0.3 is 11.9 Å². The average Bonchev–Trinajstić information content (AvgIpc) is 3.30. The molecule has 0 aliphatic heterocycles. The van der Waals surface area contributed by atoms with E-state index in [-0.39, 0.29) is 12.5 Å². The van der Waals surface area contributed by atoms with Gasteiger partial charge in [-0.3, -0.25) is 9.59 Å². The molecule has 1 amide bonds. The zero-order valence-corrected chi connectivity index (χ0v) is 14.4. The Kier molecular flexibility index (Phi) is 4.89. The van der Waals surface area contributed by atoms with Gasteiger partial charge in [-0.2, -0.15) is 0 Å². The number of hydrogen-bond donors (Lipinski definition) is 2. The molecular weight excluding hydrogens is 330 g/mol. The number of aryl methyl sites for hydroxylation is 1. The van der Waals surface area contributed by atoms with Gasteiger partial charge in [0, 0.05) is 4.88 Å². The number of aliphatic carboxylic acids is 1. The third-order valence-corrected chi connectivity index (χ3v) is 5.79. The minimum atomic E-state index is -0.942. The van der Waals surface area contributed by atoms with Crippen LogP contribution < -0.4 is 5.32 Å². The van der Waals surface area contributed by atoms with Gasteiger partial charge in [0.1, 0.15) is 5.00 Å². The van der Waals surface area contributed by atoms with Crippen LogP contribution in [-0.4, -0.2) is 29.6 Å². The number of nitrogens with one attached hydrogen (secondary N) is 1. The summed E-state index contributed by atoms with van der Waals surface area (Å²) >= 11 is 1.43. The Hall–Kier alpha value is -1.89. The minimum Gasteiger partial charge on any atom is -0.481 e. The lowest BCUT2D eigenvalue weighted by Gasteiger charge is -2.08. The number of rotatable bonds is 5. The molecule has 0 saturated heterocycles. The van der Waals surface area contributed by atoms with Crippen LogP contribution in [0.5, 0.6) is 0 Å². The summed E-state index contributed by atoms with van der Waals surface area (Å²) in [5, 5.41) is 12.3. The van der Waals surface area contributed by atoms with Crippen LogP contribution in [0.15, 0.2) is 0 Å². The first-order valence-electron chi connectivity index (χ1n) is 8.38. The maximum absolute atomic E-state index is 12.4. The number of amides is 1. The molecule has 3 rings (SSSR count). The molecule has 130 valence electrons. The van der Waals surface area contributed by atoms with E-state index in [1.807, 2.05) is 0 Å². The van der Waals surface area contributed by atoms with Crippen LogP contribution in [-0.2, 0) is 27.2 Å². The number of anilines is 1. The third kappa shape index (κ3) is 3.31. The molecule has 1 aromatic heterocycles. The second-order valence-electron chi connectivity index (χ2n) is 6.27. The lowest BCUT2D eigenvalue weighted by molar-refractivity contribution is -0.139. The quantitative estimate of drug-likeness (QED) is 0.628. The van der Waals surface area contributed by atoms with Gasteiger partial charge in [-0.05, 0) is 44.6 Å². The average molecular weight is 351 g/mol. The maximum Gasteiger partial charge on any atom is 0.341 e. The topological polar surface area (TPSA) is 92.7 Å². The molecule has 2 N–H and O–H groups in total. The summed E-state index contributed by atoms with van der Waals surface area (Å²) in [5.74, 6) is -2.77. The molecule has 0 spiro atoms. The summed E-state index contributed by atoms with van der Waals surface area (Å²) in [5.41, 5.74) is 1.47. The molecule has 6 nitrogen and oxygen atoms in total. The molecular formula is C17H21NO5S. The number of carbonyl (C=O) groups excluding carboxylic acids is 2. The standard InChI is InChI=1S/C17H21NO5S/c1-2-23-17(22)13-9-6-4-3-5-7-12(9)24-15(13)18-14(19)10-8-11(10)16(20)21/h10-11H,2-8H2,1H3,(H,18,19)(H,20,21). The monoisotopic (exact) mass is 351 g/mol. The van der Waals surface area contributed by atoms with Gasteiger partial charge in [-0.1, -0.05) is 6.42 Å². The Morgan fingerprint density at radius 3 is 2.62 bits per heavy atom. The SMILES string of the molecule is CCOC(=O)c1c(NC(=O)C2CC2C(=O)O)sc2c1CCCCC2. The molecule has 24 heavy (non-hydrogen) atoms. The summed E-state index contributed by atoms with van der Waals surface area (Å²) in [6, 6.07) is 0. The van der Waals surface area contributed by atoms with Gasteiger partial charge in [0.2, 0.25) is 5.91 Å². The van der Waals surface area contributed by atoms with Crippen LogP contribution in [0, 0.1) is 11.8 Å². The van der Waals surface area contributed by atoms with Gasteiger partial charge in [0.15, 0.2) is 0 Å².